The highest BCUT2D eigenvalue weighted by atomic mass is 32.2. The normalized spacial score (nSPS) is 41.9. The van der Waals surface area contributed by atoms with E-state index >= 15 is 0 Å². The second-order valence-electron chi connectivity index (χ2n) is 10.1. The summed E-state index contributed by atoms with van der Waals surface area (Å²) < 4.78 is 30.7. The number of allylic oxidation sites excluding steroid dienone is 2. The Kier molecular flexibility index (Phi) is 6.18. The van der Waals surface area contributed by atoms with Gasteiger partial charge in [0.15, 0.2) is 0 Å². The van der Waals surface area contributed by atoms with E-state index in [1.807, 2.05) is 6.08 Å². The molecule has 0 aromatic rings. The summed E-state index contributed by atoms with van der Waals surface area (Å²) in [6.45, 7) is 13.5. The minimum absolute atomic E-state index is 0.0259. The van der Waals surface area contributed by atoms with Crippen LogP contribution in [-0.2, 0) is 25.1 Å². The number of aliphatic hydroxyl groups excluding tert-OH is 1. The third kappa shape index (κ3) is 3.87. The molecular formula is C22H34O6S. The molecule has 0 aromatic heterocycles. The maximum absolute atomic E-state index is 11.9. The maximum Gasteiger partial charge on any atom is 0.336 e. The van der Waals surface area contributed by atoms with Gasteiger partial charge in [0.05, 0.1) is 12.2 Å². The van der Waals surface area contributed by atoms with Gasteiger partial charge in [-0.05, 0) is 54.8 Å². The molecule has 0 amide bonds. The molecule has 0 spiro atoms. The topological polar surface area (TPSA) is 93.1 Å². The Bertz CT molecular complexity index is 744. The zero-order valence-electron chi connectivity index (χ0n) is 17.9. The van der Waals surface area contributed by atoms with Crippen molar-refractivity contribution in [3.63, 3.8) is 0 Å². The summed E-state index contributed by atoms with van der Waals surface area (Å²) in [7, 11) is 0. The van der Waals surface area contributed by atoms with E-state index in [1.54, 1.807) is 0 Å². The largest absolute Gasteiger partial charge is 0.459 e. The lowest BCUT2D eigenvalue weighted by Gasteiger charge is -2.64. The fourth-order valence-electron chi connectivity index (χ4n) is 6.11. The van der Waals surface area contributed by atoms with Crippen molar-refractivity contribution >= 4 is 17.3 Å². The zero-order valence-corrected chi connectivity index (χ0v) is 18.7. The molecule has 2 N–H and O–H groups in total. The summed E-state index contributed by atoms with van der Waals surface area (Å²) in [5, 5.41) is 10.0. The number of fused-ring (bicyclic) bond motifs is 1. The van der Waals surface area contributed by atoms with Crippen molar-refractivity contribution in [1.29, 1.82) is 0 Å². The van der Waals surface area contributed by atoms with Gasteiger partial charge < -0.3 is 9.84 Å². The van der Waals surface area contributed by atoms with Crippen LogP contribution in [0.15, 0.2) is 23.8 Å². The number of carbonyl (C=O) groups excluding carboxylic acids is 1. The van der Waals surface area contributed by atoms with Crippen LogP contribution in [0.3, 0.4) is 0 Å². The highest BCUT2D eigenvalue weighted by Gasteiger charge is 2.60. The van der Waals surface area contributed by atoms with E-state index in [0.717, 1.165) is 25.7 Å². The zero-order chi connectivity index (χ0) is 21.6. The fraction of sp³-hybridized carbons (Fsp3) is 0.773. The predicted molar refractivity (Wildman–Crippen MR) is 111 cm³/mol. The van der Waals surface area contributed by atoms with Gasteiger partial charge in [-0.2, -0.15) is 4.21 Å². The maximum atomic E-state index is 11.9. The van der Waals surface area contributed by atoms with Crippen LogP contribution in [0.4, 0.5) is 0 Å². The van der Waals surface area contributed by atoms with Crippen LogP contribution in [0.1, 0.15) is 59.8 Å². The van der Waals surface area contributed by atoms with Crippen molar-refractivity contribution in [2.75, 3.05) is 13.2 Å². The van der Waals surface area contributed by atoms with Gasteiger partial charge in [-0.1, -0.05) is 45.9 Å². The van der Waals surface area contributed by atoms with Crippen LogP contribution < -0.4 is 0 Å². The lowest BCUT2D eigenvalue weighted by atomic mass is 9.41. The molecule has 3 rings (SSSR count). The molecule has 1 aliphatic heterocycles. The number of hydrogen-bond donors (Lipinski definition) is 2. The number of cyclic esters (lactones) is 1. The average molecular weight is 427 g/mol. The molecule has 0 bridgehead atoms. The van der Waals surface area contributed by atoms with Gasteiger partial charge in [-0.15, -0.1) is 0 Å². The Hall–Kier alpha value is -1.02. The van der Waals surface area contributed by atoms with Gasteiger partial charge in [-0.3, -0.25) is 8.74 Å². The Labute approximate surface area is 176 Å². The molecule has 1 unspecified atom stereocenters. The summed E-state index contributed by atoms with van der Waals surface area (Å²) in [5.74, 6) is 0.0233. The van der Waals surface area contributed by atoms with Crippen LogP contribution in [-0.4, -0.2) is 39.2 Å². The number of esters is 1. The first kappa shape index (κ1) is 22.7. The summed E-state index contributed by atoms with van der Waals surface area (Å²) in [5.41, 5.74) is 1.15. The molecular weight excluding hydrogens is 392 g/mol. The lowest BCUT2D eigenvalue weighted by Crippen LogP contribution is -2.58. The first-order chi connectivity index (χ1) is 13.4. The summed E-state index contributed by atoms with van der Waals surface area (Å²) in [6.07, 6.45) is 5.46. The standard InChI is InChI=1S/C22H34O6S/c1-14-6-9-18-21(4,16(14)8-7-15-17(23)12-27-19(15)24)11-10-20(2,3)22(18,5)13-28-29(25)26/h7,16-18,23H,1,6,8-13H2,2-5H3,(H,25,26)/b15-7+/t16-,17-,18+,21+,22+/m1/s1. The fourth-order valence-corrected chi connectivity index (χ4v) is 6.45. The van der Waals surface area contributed by atoms with Crippen LogP contribution in [0.2, 0.25) is 0 Å². The summed E-state index contributed by atoms with van der Waals surface area (Å²) in [4.78, 5) is 11.9. The van der Waals surface area contributed by atoms with Crippen LogP contribution in [0, 0.1) is 28.1 Å². The quantitative estimate of drug-likeness (QED) is 0.301. The number of rotatable bonds is 5. The Morgan fingerprint density at radius 1 is 1.31 bits per heavy atom. The molecule has 2 saturated carbocycles. The van der Waals surface area contributed by atoms with Gasteiger partial charge >= 0.3 is 17.3 Å². The monoisotopic (exact) mass is 426 g/mol. The number of hydrogen-bond acceptors (Lipinski definition) is 5. The Morgan fingerprint density at radius 2 is 2.00 bits per heavy atom. The highest BCUT2D eigenvalue weighted by molar-refractivity contribution is 7.74. The van der Waals surface area contributed by atoms with E-state index in [1.165, 1.54) is 5.57 Å². The molecule has 0 radical (unpaired) electrons. The second kappa shape index (κ2) is 7.91. The van der Waals surface area contributed by atoms with Crippen molar-refractivity contribution in [2.45, 2.75) is 65.9 Å². The van der Waals surface area contributed by atoms with Gasteiger partial charge in [0, 0.05) is 5.41 Å². The van der Waals surface area contributed by atoms with Gasteiger partial charge in [0.25, 0.3) is 0 Å². The summed E-state index contributed by atoms with van der Waals surface area (Å²) in [6, 6.07) is 0. The molecule has 7 heteroatoms. The number of carbonyl (C=O) groups is 1. The predicted octanol–water partition coefficient (Wildman–Crippen LogP) is 3.79. The smallest absolute Gasteiger partial charge is 0.336 e. The van der Waals surface area contributed by atoms with E-state index in [9.17, 15) is 18.7 Å². The minimum Gasteiger partial charge on any atom is -0.459 e. The van der Waals surface area contributed by atoms with Crippen LogP contribution in [0.25, 0.3) is 0 Å². The van der Waals surface area contributed by atoms with Crippen LogP contribution >= 0.6 is 0 Å². The van der Waals surface area contributed by atoms with Crippen molar-refractivity contribution < 1.29 is 27.6 Å². The average Bonchev–Trinajstić information content (AvgIpc) is 2.95. The molecule has 6 atom stereocenters. The van der Waals surface area contributed by atoms with E-state index in [-0.39, 0.29) is 41.3 Å². The van der Waals surface area contributed by atoms with E-state index in [0.29, 0.717) is 12.0 Å². The molecule has 2 aliphatic carbocycles. The number of aliphatic hydroxyl groups is 1. The molecule has 164 valence electrons. The molecule has 3 fully saturated rings. The van der Waals surface area contributed by atoms with E-state index < -0.39 is 23.4 Å². The molecule has 1 heterocycles. The highest BCUT2D eigenvalue weighted by Crippen LogP contribution is 2.67. The van der Waals surface area contributed by atoms with Gasteiger partial charge in [0.1, 0.15) is 12.7 Å². The SMILES string of the molecule is C=C1CC[C@H]2[C@@](C)(CCC(C)(C)[C@@]2(C)COS(=O)O)[C@@H]1C/C=C1/C(=O)OC[C@H]1O. The first-order valence-electron chi connectivity index (χ1n) is 10.4. The van der Waals surface area contributed by atoms with Gasteiger partial charge in [0.2, 0.25) is 0 Å². The van der Waals surface area contributed by atoms with Crippen molar-refractivity contribution in [3.8, 4) is 0 Å². The molecule has 1 saturated heterocycles. The van der Waals surface area contributed by atoms with E-state index in [2.05, 4.69) is 34.3 Å². The van der Waals surface area contributed by atoms with E-state index in [4.69, 9.17) is 8.92 Å². The lowest BCUT2D eigenvalue weighted by molar-refractivity contribution is -0.149. The molecule has 3 aliphatic rings. The van der Waals surface area contributed by atoms with Crippen molar-refractivity contribution in [3.05, 3.63) is 23.8 Å². The first-order valence-corrected chi connectivity index (χ1v) is 11.4. The minimum atomic E-state index is -2.29. The molecule has 6 nitrogen and oxygen atoms in total. The molecule has 29 heavy (non-hydrogen) atoms. The number of ether oxygens (including phenoxy) is 1. The molecule has 0 aromatic carbocycles. The second-order valence-corrected chi connectivity index (χ2v) is 10.8. The van der Waals surface area contributed by atoms with Crippen LogP contribution in [0.5, 0.6) is 0 Å². The van der Waals surface area contributed by atoms with Crippen molar-refractivity contribution in [1.82, 2.24) is 0 Å². The Balaban J connectivity index is 1.92. The summed E-state index contributed by atoms with van der Waals surface area (Å²) >= 11 is -2.29. The third-order valence-electron chi connectivity index (χ3n) is 8.44. The van der Waals surface area contributed by atoms with Crippen molar-refractivity contribution in [2.24, 2.45) is 28.1 Å². The third-order valence-corrected chi connectivity index (χ3v) is 8.76. The van der Waals surface area contributed by atoms with Gasteiger partial charge in [-0.25, -0.2) is 4.79 Å². The Morgan fingerprint density at radius 3 is 2.59 bits per heavy atom.